The molecule has 3 aromatic rings. The van der Waals surface area contributed by atoms with Gasteiger partial charge in [0.1, 0.15) is 5.82 Å². The van der Waals surface area contributed by atoms with Crippen LogP contribution < -0.4 is 10.2 Å². The number of anilines is 3. The topological polar surface area (TPSA) is 75.2 Å². The Bertz CT molecular complexity index is 988. The second kappa shape index (κ2) is 8.33. The number of halogens is 1. The molecule has 2 aromatic heterocycles. The summed E-state index contributed by atoms with van der Waals surface area (Å²) in [6.45, 7) is 1.34. The fourth-order valence-corrected chi connectivity index (χ4v) is 3.12. The molecule has 0 fully saturated rings. The lowest BCUT2D eigenvalue weighted by atomic mass is 10.3. The van der Waals surface area contributed by atoms with Gasteiger partial charge in [0.25, 0.3) is 0 Å². The molecule has 0 saturated carbocycles. The molecule has 6 nitrogen and oxygen atoms in total. The SMILES string of the molecule is CC(=O)N(c1nc(/C=C/C(=O)Nc2ccncc2)cs1)c1ccccc1F. The number of nitrogens with zero attached hydrogens (tertiary/aromatic N) is 3. The summed E-state index contributed by atoms with van der Waals surface area (Å²) in [7, 11) is 0. The Kier molecular flexibility index (Phi) is 5.68. The number of carbonyl (C=O) groups is 2. The monoisotopic (exact) mass is 382 g/mol. The van der Waals surface area contributed by atoms with Crippen LogP contribution in [-0.4, -0.2) is 21.8 Å². The zero-order valence-corrected chi connectivity index (χ0v) is 15.1. The normalized spacial score (nSPS) is 10.7. The predicted molar refractivity (Wildman–Crippen MR) is 103 cm³/mol. The molecule has 0 aliphatic carbocycles. The van der Waals surface area contributed by atoms with Crippen molar-refractivity contribution >= 4 is 45.7 Å². The van der Waals surface area contributed by atoms with E-state index < -0.39 is 5.82 Å². The smallest absolute Gasteiger partial charge is 0.248 e. The van der Waals surface area contributed by atoms with Crippen LogP contribution >= 0.6 is 11.3 Å². The van der Waals surface area contributed by atoms with Crippen LogP contribution in [0, 0.1) is 5.82 Å². The number of benzene rings is 1. The molecule has 2 heterocycles. The molecule has 0 unspecified atom stereocenters. The molecular formula is C19H15FN4O2S. The van der Waals surface area contributed by atoms with Gasteiger partial charge in [-0.3, -0.25) is 19.5 Å². The minimum absolute atomic E-state index is 0.130. The van der Waals surface area contributed by atoms with Gasteiger partial charge in [-0.05, 0) is 30.3 Å². The number of hydrogen-bond donors (Lipinski definition) is 1. The van der Waals surface area contributed by atoms with Crippen molar-refractivity contribution < 1.29 is 14.0 Å². The van der Waals surface area contributed by atoms with Gasteiger partial charge in [-0.15, -0.1) is 11.3 Å². The Labute approximate surface area is 159 Å². The standard InChI is InChI=1S/C19H15FN4O2S/c1-13(25)24(17-5-3-2-4-16(17)20)19-23-15(12-27-19)6-7-18(26)22-14-8-10-21-11-9-14/h2-12H,1H3,(H,21,22,26)/b7-6+. The third kappa shape index (κ3) is 4.62. The molecule has 8 heteroatoms. The summed E-state index contributed by atoms with van der Waals surface area (Å²) in [5.74, 6) is -1.20. The van der Waals surface area contributed by atoms with Crippen molar-refractivity contribution in [3.05, 3.63) is 71.8 Å². The van der Waals surface area contributed by atoms with Crippen molar-refractivity contribution in [1.82, 2.24) is 9.97 Å². The van der Waals surface area contributed by atoms with E-state index in [1.807, 2.05) is 0 Å². The van der Waals surface area contributed by atoms with Gasteiger partial charge in [0.05, 0.1) is 11.4 Å². The minimum atomic E-state index is -0.517. The Balaban J connectivity index is 1.76. The molecule has 1 N–H and O–H groups in total. The lowest BCUT2D eigenvalue weighted by Gasteiger charge is -2.18. The number of carbonyl (C=O) groups excluding carboxylic acids is 2. The summed E-state index contributed by atoms with van der Waals surface area (Å²) in [5.41, 5.74) is 1.24. The Morgan fingerprint density at radius 1 is 1.19 bits per heavy atom. The molecule has 2 amide bonds. The van der Waals surface area contributed by atoms with Gasteiger partial charge < -0.3 is 5.32 Å². The van der Waals surface area contributed by atoms with E-state index >= 15 is 0 Å². The highest BCUT2D eigenvalue weighted by Gasteiger charge is 2.20. The maximum Gasteiger partial charge on any atom is 0.248 e. The quantitative estimate of drug-likeness (QED) is 0.677. The van der Waals surface area contributed by atoms with Gasteiger partial charge in [0.15, 0.2) is 5.13 Å². The van der Waals surface area contributed by atoms with Crippen molar-refractivity contribution in [3.63, 3.8) is 0 Å². The molecule has 27 heavy (non-hydrogen) atoms. The van der Waals surface area contributed by atoms with Crippen LogP contribution in [0.1, 0.15) is 12.6 Å². The molecule has 0 aliphatic rings. The summed E-state index contributed by atoms with van der Waals surface area (Å²) in [5, 5.41) is 4.69. The number of amides is 2. The van der Waals surface area contributed by atoms with Gasteiger partial charge in [-0.1, -0.05) is 12.1 Å². The van der Waals surface area contributed by atoms with Crippen LogP contribution in [0.4, 0.5) is 20.9 Å². The summed E-state index contributed by atoms with van der Waals surface area (Å²) < 4.78 is 14.1. The number of rotatable bonds is 5. The van der Waals surface area contributed by atoms with Gasteiger partial charge in [0, 0.05) is 36.5 Å². The van der Waals surface area contributed by atoms with E-state index in [2.05, 4.69) is 15.3 Å². The van der Waals surface area contributed by atoms with Crippen LogP contribution in [-0.2, 0) is 9.59 Å². The number of nitrogens with one attached hydrogen (secondary N) is 1. The number of pyridine rings is 1. The van der Waals surface area contributed by atoms with Crippen LogP contribution in [0.15, 0.2) is 60.2 Å². The van der Waals surface area contributed by atoms with Crippen molar-refractivity contribution in [2.24, 2.45) is 0 Å². The Hall–Kier alpha value is -3.39. The molecule has 0 spiro atoms. The van der Waals surface area contributed by atoms with Crippen molar-refractivity contribution in [2.75, 3.05) is 10.2 Å². The highest BCUT2D eigenvalue weighted by atomic mass is 32.1. The van der Waals surface area contributed by atoms with E-state index in [0.717, 1.165) is 0 Å². The molecule has 0 atom stereocenters. The van der Waals surface area contributed by atoms with Crippen LogP contribution in [0.3, 0.4) is 0 Å². The lowest BCUT2D eigenvalue weighted by Crippen LogP contribution is -2.23. The molecule has 0 saturated heterocycles. The van der Waals surface area contributed by atoms with Crippen molar-refractivity contribution in [2.45, 2.75) is 6.92 Å². The van der Waals surface area contributed by atoms with E-state index in [1.165, 1.54) is 47.4 Å². The fourth-order valence-electron chi connectivity index (χ4n) is 2.28. The van der Waals surface area contributed by atoms with Gasteiger partial charge in [0.2, 0.25) is 11.8 Å². The van der Waals surface area contributed by atoms with E-state index in [9.17, 15) is 14.0 Å². The average Bonchev–Trinajstić information content (AvgIpc) is 3.11. The van der Waals surface area contributed by atoms with E-state index in [-0.39, 0.29) is 17.5 Å². The Morgan fingerprint density at radius 2 is 1.93 bits per heavy atom. The van der Waals surface area contributed by atoms with Gasteiger partial charge in [-0.2, -0.15) is 0 Å². The maximum atomic E-state index is 14.1. The molecule has 0 bridgehead atoms. The number of thiazole rings is 1. The minimum Gasteiger partial charge on any atom is -0.322 e. The first-order valence-corrected chi connectivity index (χ1v) is 8.82. The number of hydrogen-bond acceptors (Lipinski definition) is 5. The molecule has 0 aliphatic heterocycles. The molecule has 1 aromatic carbocycles. The van der Waals surface area contributed by atoms with Crippen LogP contribution in [0.5, 0.6) is 0 Å². The second-order valence-corrected chi connectivity index (χ2v) is 6.26. The third-order valence-electron chi connectivity index (χ3n) is 3.46. The first-order valence-electron chi connectivity index (χ1n) is 7.94. The maximum absolute atomic E-state index is 14.1. The van der Waals surface area contributed by atoms with Crippen LogP contribution in [0.2, 0.25) is 0 Å². The van der Waals surface area contributed by atoms with E-state index in [1.54, 1.807) is 42.0 Å². The molecule has 0 radical (unpaired) electrons. The van der Waals surface area contributed by atoms with E-state index in [4.69, 9.17) is 0 Å². The molecule has 3 rings (SSSR count). The highest BCUT2D eigenvalue weighted by Crippen LogP contribution is 2.30. The molecule has 136 valence electrons. The van der Waals surface area contributed by atoms with Gasteiger partial charge in [-0.25, -0.2) is 9.37 Å². The first kappa shape index (κ1) is 18.4. The van der Waals surface area contributed by atoms with Crippen molar-refractivity contribution in [1.29, 1.82) is 0 Å². The summed E-state index contributed by atoms with van der Waals surface area (Å²) >= 11 is 1.18. The largest absolute Gasteiger partial charge is 0.322 e. The van der Waals surface area contributed by atoms with Gasteiger partial charge >= 0.3 is 0 Å². The lowest BCUT2D eigenvalue weighted by molar-refractivity contribution is -0.116. The summed E-state index contributed by atoms with van der Waals surface area (Å²) in [4.78, 5) is 33.3. The zero-order valence-electron chi connectivity index (χ0n) is 14.3. The van der Waals surface area contributed by atoms with Crippen molar-refractivity contribution in [3.8, 4) is 0 Å². The zero-order chi connectivity index (χ0) is 19.2. The average molecular weight is 382 g/mol. The van der Waals surface area contributed by atoms with Crippen LogP contribution in [0.25, 0.3) is 6.08 Å². The first-order chi connectivity index (χ1) is 13.0. The van der Waals surface area contributed by atoms with E-state index in [0.29, 0.717) is 16.5 Å². The molecular weight excluding hydrogens is 367 g/mol. The number of para-hydroxylation sites is 1. The highest BCUT2D eigenvalue weighted by molar-refractivity contribution is 7.14. The summed E-state index contributed by atoms with van der Waals surface area (Å²) in [6, 6.07) is 9.33. The predicted octanol–water partition coefficient (Wildman–Crippen LogP) is 4.01. The number of aromatic nitrogens is 2. The third-order valence-corrected chi connectivity index (χ3v) is 4.31. The Morgan fingerprint density at radius 3 is 2.63 bits per heavy atom. The second-order valence-electron chi connectivity index (χ2n) is 5.42. The summed E-state index contributed by atoms with van der Waals surface area (Å²) in [6.07, 6.45) is 6.01. The fraction of sp³-hybridized carbons (Fsp3) is 0.0526.